The molecule has 0 saturated heterocycles. The minimum Gasteiger partial charge on any atom is -0.384 e. The van der Waals surface area contributed by atoms with Crippen LogP contribution in [0, 0.1) is 5.92 Å². The first-order valence-corrected chi connectivity index (χ1v) is 8.88. The largest absolute Gasteiger partial charge is 0.384 e. The minimum atomic E-state index is -0.156. The van der Waals surface area contributed by atoms with Crippen molar-refractivity contribution in [2.24, 2.45) is 5.92 Å². The lowest BCUT2D eigenvalue weighted by atomic mass is 10.2. The third kappa shape index (κ3) is 5.48. The summed E-state index contributed by atoms with van der Waals surface area (Å²) in [4.78, 5) is 18.9. The van der Waals surface area contributed by atoms with Crippen LogP contribution in [0.5, 0.6) is 0 Å². The van der Waals surface area contributed by atoms with Crippen molar-refractivity contribution in [1.82, 2.24) is 4.98 Å². The molecule has 1 aromatic carbocycles. The van der Waals surface area contributed by atoms with Crippen LogP contribution in [0.15, 0.2) is 42.7 Å². The third-order valence-corrected chi connectivity index (χ3v) is 3.97. The monoisotopic (exact) mass is 340 g/mol. The van der Waals surface area contributed by atoms with E-state index in [1.807, 2.05) is 30.3 Å². The SMILES string of the molecule is CCN(CC)c1ccc(NC(=O)c2cncc(NCC(C)C)c2)cc1. The molecule has 0 atom stereocenters. The van der Waals surface area contributed by atoms with E-state index in [0.717, 1.165) is 36.7 Å². The number of benzene rings is 1. The standard InChI is InChI=1S/C20H28N4O/c1-5-24(6-2)19-9-7-17(8-10-19)23-20(25)16-11-18(14-21-13-16)22-12-15(3)4/h7-11,13-15,22H,5-6,12H2,1-4H3,(H,23,25). The second-order valence-corrected chi connectivity index (χ2v) is 6.41. The highest BCUT2D eigenvalue weighted by molar-refractivity contribution is 6.04. The summed E-state index contributed by atoms with van der Waals surface area (Å²) in [6, 6.07) is 9.75. The van der Waals surface area contributed by atoms with Crippen molar-refractivity contribution in [2.75, 3.05) is 35.2 Å². The van der Waals surface area contributed by atoms with E-state index in [0.29, 0.717) is 11.5 Å². The van der Waals surface area contributed by atoms with Crippen LogP contribution in [0.3, 0.4) is 0 Å². The quantitative estimate of drug-likeness (QED) is 0.754. The molecule has 2 rings (SSSR count). The fourth-order valence-corrected chi connectivity index (χ4v) is 2.53. The van der Waals surface area contributed by atoms with Crippen molar-refractivity contribution in [3.8, 4) is 0 Å². The Labute approximate surface area is 150 Å². The summed E-state index contributed by atoms with van der Waals surface area (Å²) >= 11 is 0. The lowest BCUT2D eigenvalue weighted by molar-refractivity contribution is 0.102. The van der Waals surface area contributed by atoms with Crippen molar-refractivity contribution in [2.45, 2.75) is 27.7 Å². The van der Waals surface area contributed by atoms with E-state index >= 15 is 0 Å². The Kier molecular flexibility index (Phi) is 6.81. The van der Waals surface area contributed by atoms with Crippen molar-refractivity contribution in [1.29, 1.82) is 0 Å². The van der Waals surface area contributed by atoms with E-state index in [1.54, 1.807) is 12.4 Å². The fraction of sp³-hybridized carbons (Fsp3) is 0.400. The Hall–Kier alpha value is -2.56. The number of aromatic nitrogens is 1. The highest BCUT2D eigenvalue weighted by atomic mass is 16.1. The van der Waals surface area contributed by atoms with Crippen molar-refractivity contribution < 1.29 is 4.79 Å². The number of carbonyl (C=O) groups is 1. The molecule has 0 unspecified atom stereocenters. The van der Waals surface area contributed by atoms with Crippen LogP contribution in [0.1, 0.15) is 38.1 Å². The predicted octanol–water partition coefficient (Wildman–Crippen LogP) is 4.25. The Balaban J connectivity index is 2.03. The van der Waals surface area contributed by atoms with Crippen LogP contribution < -0.4 is 15.5 Å². The van der Waals surface area contributed by atoms with E-state index in [4.69, 9.17) is 0 Å². The third-order valence-electron chi connectivity index (χ3n) is 3.97. The van der Waals surface area contributed by atoms with Crippen molar-refractivity contribution in [3.63, 3.8) is 0 Å². The minimum absolute atomic E-state index is 0.156. The van der Waals surface area contributed by atoms with Gasteiger partial charge in [-0.2, -0.15) is 0 Å². The van der Waals surface area contributed by atoms with Gasteiger partial charge in [-0.15, -0.1) is 0 Å². The fourth-order valence-electron chi connectivity index (χ4n) is 2.53. The molecule has 0 aliphatic rings. The molecular formula is C20H28N4O. The second kappa shape index (κ2) is 9.06. The number of rotatable bonds is 8. The van der Waals surface area contributed by atoms with Crippen LogP contribution >= 0.6 is 0 Å². The molecule has 5 heteroatoms. The van der Waals surface area contributed by atoms with Gasteiger partial charge in [0.05, 0.1) is 11.3 Å². The summed E-state index contributed by atoms with van der Waals surface area (Å²) in [6.45, 7) is 11.3. The lowest BCUT2D eigenvalue weighted by Gasteiger charge is -2.21. The van der Waals surface area contributed by atoms with E-state index in [1.165, 1.54) is 0 Å². The maximum absolute atomic E-state index is 12.4. The molecule has 0 aliphatic carbocycles. The lowest BCUT2D eigenvalue weighted by Crippen LogP contribution is -2.21. The molecule has 5 nitrogen and oxygen atoms in total. The zero-order valence-electron chi connectivity index (χ0n) is 15.5. The molecule has 0 radical (unpaired) electrons. The molecule has 1 aromatic heterocycles. The Morgan fingerprint density at radius 2 is 1.76 bits per heavy atom. The first kappa shape index (κ1) is 18.8. The molecule has 2 N–H and O–H groups in total. The van der Waals surface area contributed by atoms with E-state index < -0.39 is 0 Å². The number of hydrogen-bond donors (Lipinski definition) is 2. The van der Waals surface area contributed by atoms with Crippen LogP contribution in [-0.2, 0) is 0 Å². The Bertz CT molecular complexity index is 678. The smallest absolute Gasteiger partial charge is 0.257 e. The molecule has 1 heterocycles. The summed E-state index contributed by atoms with van der Waals surface area (Å²) in [5.41, 5.74) is 3.34. The average molecular weight is 340 g/mol. The topological polar surface area (TPSA) is 57.3 Å². The number of carbonyl (C=O) groups excluding carboxylic acids is 1. The molecule has 134 valence electrons. The molecule has 1 amide bonds. The first-order chi connectivity index (χ1) is 12.0. The molecule has 0 saturated carbocycles. The van der Waals surface area contributed by atoms with E-state index in [9.17, 15) is 4.79 Å². The second-order valence-electron chi connectivity index (χ2n) is 6.41. The van der Waals surface area contributed by atoms with Gasteiger partial charge in [-0.25, -0.2) is 0 Å². The van der Waals surface area contributed by atoms with Crippen LogP contribution in [0.2, 0.25) is 0 Å². The first-order valence-electron chi connectivity index (χ1n) is 8.88. The number of hydrogen-bond acceptors (Lipinski definition) is 4. The molecule has 0 bridgehead atoms. The van der Waals surface area contributed by atoms with Gasteiger partial charge in [0.25, 0.3) is 5.91 Å². The molecule has 0 aliphatic heterocycles. The zero-order chi connectivity index (χ0) is 18.2. The zero-order valence-corrected chi connectivity index (χ0v) is 15.5. The highest BCUT2D eigenvalue weighted by Gasteiger charge is 2.09. The van der Waals surface area contributed by atoms with Gasteiger partial charge in [0.2, 0.25) is 0 Å². The van der Waals surface area contributed by atoms with Crippen molar-refractivity contribution >= 4 is 23.0 Å². The summed E-state index contributed by atoms with van der Waals surface area (Å²) in [6.07, 6.45) is 3.32. The van der Waals surface area contributed by atoms with E-state index in [-0.39, 0.29) is 5.91 Å². The van der Waals surface area contributed by atoms with Gasteiger partial charge in [0.1, 0.15) is 0 Å². The maximum atomic E-state index is 12.4. The predicted molar refractivity (Wildman–Crippen MR) is 106 cm³/mol. The summed E-state index contributed by atoms with van der Waals surface area (Å²) in [5, 5.41) is 6.22. The number of amides is 1. The van der Waals surface area contributed by atoms with Crippen LogP contribution in [-0.4, -0.2) is 30.5 Å². The molecule has 2 aromatic rings. The van der Waals surface area contributed by atoms with Gasteiger partial charge in [0, 0.05) is 43.4 Å². The van der Waals surface area contributed by atoms with Crippen LogP contribution in [0.4, 0.5) is 17.1 Å². The van der Waals surface area contributed by atoms with Crippen molar-refractivity contribution in [3.05, 3.63) is 48.3 Å². The van der Waals surface area contributed by atoms with Crippen LogP contribution in [0.25, 0.3) is 0 Å². The molecular weight excluding hydrogens is 312 g/mol. The van der Waals surface area contributed by atoms with Gasteiger partial charge in [0.15, 0.2) is 0 Å². The Morgan fingerprint density at radius 1 is 1.08 bits per heavy atom. The highest BCUT2D eigenvalue weighted by Crippen LogP contribution is 2.18. The summed E-state index contributed by atoms with van der Waals surface area (Å²) < 4.78 is 0. The van der Waals surface area contributed by atoms with Gasteiger partial charge in [-0.05, 0) is 50.1 Å². The number of nitrogens with one attached hydrogen (secondary N) is 2. The number of anilines is 3. The average Bonchev–Trinajstić information content (AvgIpc) is 2.62. The number of pyridine rings is 1. The maximum Gasteiger partial charge on any atom is 0.257 e. The van der Waals surface area contributed by atoms with E-state index in [2.05, 4.69) is 48.2 Å². The van der Waals surface area contributed by atoms with Gasteiger partial charge in [-0.1, -0.05) is 13.8 Å². The Morgan fingerprint density at radius 3 is 2.36 bits per heavy atom. The number of nitrogens with zero attached hydrogens (tertiary/aromatic N) is 2. The molecule has 0 fully saturated rings. The molecule has 0 spiro atoms. The normalized spacial score (nSPS) is 10.6. The van der Waals surface area contributed by atoms with Gasteiger partial charge >= 0.3 is 0 Å². The van der Waals surface area contributed by atoms with Gasteiger partial charge in [-0.3, -0.25) is 9.78 Å². The van der Waals surface area contributed by atoms with Gasteiger partial charge < -0.3 is 15.5 Å². The summed E-state index contributed by atoms with van der Waals surface area (Å²) in [5.74, 6) is 0.373. The summed E-state index contributed by atoms with van der Waals surface area (Å²) in [7, 11) is 0. The molecule has 25 heavy (non-hydrogen) atoms.